The largest absolute Gasteiger partial charge is 0.381 e. The first kappa shape index (κ1) is 9.61. The predicted octanol–water partition coefficient (Wildman–Crippen LogP) is 2.57. The number of rotatable bonds is 2. The Balaban J connectivity index is 2.17. The highest BCUT2D eigenvalue weighted by Gasteiger charge is 2.26. The average molecular weight is 308 g/mol. The zero-order valence-electron chi connectivity index (χ0n) is 6.96. The number of halogens is 1. The molecule has 4 heteroatoms. The molecule has 1 aliphatic heterocycles. The van der Waals surface area contributed by atoms with Gasteiger partial charge >= 0.3 is 0 Å². The van der Waals surface area contributed by atoms with Crippen molar-refractivity contribution in [3.05, 3.63) is 19.9 Å². The van der Waals surface area contributed by atoms with Crippen LogP contribution in [0.25, 0.3) is 0 Å². The van der Waals surface area contributed by atoms with Gasteiger partial charge in [0.25, 0.3) is 0 Å². The quantitative estimate of drug-likeness (QED) is 0.620. The molecule has 0 saturated carbocycles. The summed E-state index contributed by atoms with van der Waals surface area (Å²) < 4.78 is 6.27. The van der Waals surface area contributed by atoms with Crippen molar-refractivity contribution in [2.75, 3.05) is 13.2 Å². The lowest BCUT2D eigenvalue weighted by atomic mass is 10.0. The molecule has 1 atom stereocenters. The summed E-state index contributed by atoms with van der Waals surface area (Å²) in [5.41, 5.74) is 0. The molecular formula is C9H9IO2S. The van der Waals surface area contributed by atoms with Crippen LogP contribution in [0.2, 0.25) is 0 Å². The van der Waals surface area contributed by atoms with E-state index in [0.29, 0.717) is 6.61 Å². The SMILES string of the molecule is O=C(c1sccc1I)C1CCOC1. The van der Waals surface area contributed by atoms with E-state index in [1.54, 1.807) is 0 Å². The monoisotopic (exact) mass is 308 g/mol. The Morgan fingerprint density at radius 2 is 2.54 bits per heavy atom. The van der Waals surface area contributed by atoms with Gasteiger partial charge in [-0.25, -0.2) is 0 Å². The lowest BCUT2D eigenvalue weighted by Gasteiger charge is -2.03. The Bertz CT molecular complexity index is 315. The summed E-state index contributed by atoms with van der Waals surface area (Å²) in [5, 5.41) is 1.96. The van der Waals surface area contributed by atoms with E-state index in [0.717, 1.165) is 21.5 Å². The number of ether oxygens (including phenoxy) is 1. The molecule has 2 rings (SSSR count). The third-order valence-corrected chi connectivity index (χ3v) is 4.34. The number of ketones is 1. The Labute approximate surface area is 94.4 Å². The standard InChI is InChI=1S/C9H9IO2S/c10-7-2-4-13-9(7)8(11)6-1-3-12-5-6/h2,4,6H,1,3,5H2. The highest BCUT2D eigenvalue weighted by Crippen LogP contribution is 2.25. The normalized spacial score (nSPS) is 22.1. The number of hydrogen-bond donors (Lipinski definition) is 0. The van der Waals surface area contributed by atoms with E-state index < -0.39 is 0 Å². The molecule has 0 spiro atoms. The van der Waals surface area contributed by atoms with Gasteiger partial charge in [0.15, 0.2) is 5.78 Å². The number of Topliss-reactive ketones (excluding diaryl/α,β-unsaturated/α-hetero) is 1. The lowest BCUT2D eigenvalue weighted by molar-refractivity contribution is 0.0903. The van der Waals surface area contributed by atoms with Crippen molar-refractivity contribution >= 4 is 39.7 Å². The fourth-order valence-corrected chi connectivity index (χ4v) is 3.27. The van der Waals surface area contributed by atoms with Gasteiger partial charge in [0.1, 0.15) is 0 Å². The lowest BCUT2D eigenvalue weighted by Crippen LogP contribution is -2.14. The van der Waals surface area contributed by atoms with E-state index in [9.17, 15) is 4.79 Å². The van der Waals surface area contributed by atoms with Crippen LogP contribution >= 0.6 is 33.9 Å². The summed E-state index contributed by atoms with van der Waals surface area (Å²) in [4.78, 5) is 12.8. The van der Waals surface area contributed by atoms with Gasteiger partial charge in [-0.1, -0.05) is 0 Å². The van der Waals surface area contributed by atoms with E-state index in [1.165, 1.54) is 11.3 Å². The molecule has 2 nitrogen and oxygen atoms in total. The molecule has 0 radical (unpaired) electrons. The van der Waals surface area contributed by atoms with Gasteiger partial charge in [0, 0.05) is 16.1 Å². The summed E-state index contributed by atoms with van der Waals surface area (Å²) in [6.45, 7) is 1.34. The van der Waals surface area contributed by atoms with Crippen LogP contribution in [0.4, 0.5) is 0 Å². The number of thiophene rings is 1. The number of carbonyl (C=O) groups excluding carboxylic acids is 1. The molecule has 1 aromatic heterocycles. The van der Waals surface area contributed by atoms with Gasteiger partial charge in [-0.15, -0.1) is 11.3 Å². The van der Waals surface area contributed by atoms with Gasteiger partial charge in [-0.3, -0.25) is 4.79 Å². The van der Waals surface area contributed by atoms with Crippen molar-refractivity contribution in [3.8, 4) is 0 Å². The van der Waals surface area contributed by atoms with E-state index in [1.807, 2.05) is 11.4 Å². The van der Waals surface area contributed by atoms with Crippen LogP contribution in [0, 0.1) is 9.49 Å². The van der Waals surface area contributed by atoms with Crippen molar-refractivity contribution in [3.63, 3.8) is 0 Å². The van der Waals surface area contributed by atoms with Gasteiger partial charge < -0.3 is 4.74 Å². The zero-order chi connectivity index (χ0) is 9.26. The number of carbonyl (C=O) groups is 1. The highest BCUT2D eigenvalue weighted by molar-refractivity contribution is 14.1. The fourth-order valence-electron chi connectivity index (χ4n) is 1.40. The van der Waals surface area contributed by atoms with Gasteiger partial charge in [-0.05, 0) is 40.5 Å². The highest BCUT2D eigenvalue weighted by atomic mass is 127. The second-order valence-corrected chi connectivity index (χ2v) is 5.10. The van der Waals surface area contributed by atoms with E-state index >= 15 is 0 Å². The van der Waals surface area contributed by atoms with E-state index in [-0.39, 0.29) is 11.7 Å². The summed E-state index contributed by atoms with van der Waals surface area (Å²) in [6, 6.07) is 1.98. The van der Waals surface area contributed by atoms with Crippen molar-refractivity contribution in [2.45, 2.75) is 6.42 Å². The maximum atomic E-state index is 11.9. The molecular weight excluding hydrogens is 299 g/mol. The van der Waals surface area contributed by atoms with Crippen molar-refractivity contribution < 1.29 is 9.53 Å². The summed E-state index contributed by atoms with van der Waals surface area (Å²) >= 11 is 3.74. The Hall–Kier alpha value is 0.0600. The average Bonchev–Trinajstić information content (AvgIpc) is 2.72. The Kier molecular flexibility index (Phi) is 3.00. The molecule has 1 saturated heterocycles. The van der Waals surface area contributed by atoms with Crippen LogP contribution < -0.4 is 0 Å². The molecule has 1 fully saturated rings. The van der Waals surface area contributed by atoms with Crippen LogP contribution in [-0.4, -0.2) is 19.0 Å². The Morgan fingerprint density at radius 3 is 3.08 bits per heavy atom. The molecule has 0 aromatic carbocycles. The fraction of sp³-hybridized carbons (Fsp3) is 0.444. The second kappa shape index (κ2) is 4.06. The van der Waals surface area contributed by atoms with Crippen LogP contribution in [0.3, 0.4) is 0 Å². The zero-order valence-corrected chi connectivity index (χ0v) is 9.93. The first-order valence-corrected chi connectivity index (χ1v) is 6.10. The third kappa shape index (κ3) is 1.94. The third-order valence-electron chi connectivity index (χ3n) is 2.14. The summed E-state index contributed by atoms with van der Waals surface area (Å²) in [6.07, 6.45) is 0.882. The first-order valence-electron chi connectivity index (χ1n) is 4.14. The molecule has 1 unspecified atom stereocenters. The molecule has 2 heterocycles. The van der Waals surface area contributed by atoms with Crippen molar-refractivity contribution in [2.24, 2.45) is 5.92 Å². The van der Waals surface area contributed by atoms with E-state index in [4.69, 9.17) is 4.74 Å². The molecule has 13 heavy (non-hydrogen) atoms. The maximum absolute atomic E-state index is 11.9. The van der Waals surface area contributed by atoms with Crippen molar-refractivity contribution in [1.29, 1.82) is 0 Å². The van der Waals surface area contributed by atoms with Crippen LogP contribution in [0.15, 0.2) is 11.4 Å². The van der Waals surface area contributed by atoms with Gasteiger partial charge in [0.2, 0.25) is 0 Å². The van der Waals surface area contributed by atoms with Gasteiger partial charge in [-0.2, -0.15) is 0 Å². The predicted molar refractivity (Wildman–Crippen MR) is 60.3 cm³/mol. The molecule has 1 aliphatic rings. The van der Waals surface area contributed by atoms with Crippen LogP contribution in [0.1, 0.15) is 16.1 Å². The minimum atomic E-state index is 0.104. The Morgan fingerprint density at radius 1 is 1.69 bits per heavy atom. The van der Waals surface area contributed by atoms with Crippen molar-refractivity contribution in [1.82, 2.24) is 0 Å². The summed E-state index contributed by atoms with van der Waals surface area (Å²) in [5.74, 6) is 0.365. The first-order chi connectivity index (χ1) is 6.29. The topological polar surface area (TPSA) is 26.3 Å². The van der Waals surface area contributed by atoms with E-state index in [2.05, 4.69) is 22.6 Å². The molecule has 0 amide bonds. The van der Waals surface area contributed by atoms with Gasteiger partial charge in [0.05, 0.1) is 11.5 Å². The maximum Gasteiger partial charge on any atom is 0.179 e. The minimum Gasteiger partial charge on any atom is -0.381 e. The molecule has 1 aromatic rings. The molecule has 0 bridgehead atoms. The molecule has 0 aliphatic carbocycles. The minimum absolute atomic E-state index is 0.104. The summed E-state index contributed by atoms with van der Waals surface area (Å²) in [7, 11) is 0. The molecule has 0 N–H and O–H groups in total. The second-order valence-electron chi connectivity index (χ2n) is 3.02. The molecule has 70 valence electrons. The van der Waals surface area contributed by atoms with Crippen LogP contribution in [0.5, 0.6) is 0 Å². The number of hydrogen-bond acceptors (Lipinski definition) is 3. The van der Waals surface area contributed by atoms with Crippen LogP contribution in [-0.2, 0) is 4.74 Å². The smallest absolute Gasteiger partial charge is 0.179 e.